The molecule has 0 bridgehead atoms. The smallest absolute Gasteiger partial charge is 0.200 e. The van der Waals surface area contributed by atoms with Crippen molar-refractivity contribution in [1.82, 2.24) is 9.78 Å². The molecule has 1 aromatic heterocycles. The van der Waals surface area contributed by atoms with Crippen molar-refractivity contribution in [1.29, 1.82) is 0 Å². The molecule has 0 N–H and O–H groups in total. The number of methoxy groups -OCH3 is 2. The van der Waals surface area contributed by atoms with Crippen molar-refractivity contribution >= 4 is 5.78 Å². The molecule has 0 aliphatic carbocycles. The fourth-order valence-electron chi connectivity index (χ4n) is 2.23. The predicted molar refractivity (Wildman–Crippen MR) is 75.7 cm³/mol. The van der Waals surface area contributed by atoms with Crippen LogP contribution in [-0.4, -0.2) is 29.8 Å². The minimum atomic E-state index is -0.108. The Kier molecular flexibility index (Phi) is 3.79. The van der Waals surface area contributed by atoms with Gasteiger partial charge >= 0.3 is 0 Å². The Bertz CT molecular complexity index is 659. The van der Waals surface area contributed by atoms with Gasteiger partial charge in [0.15, 0.2) is 0 Å². The van der Waals surface area contributed by atoms with Crippen molar-refractivity contribution in [3.05, 3.63) is 40.7 Å². The van der Waals surface area contributed by atoms with Crippen LogP contribution in [0, 0.1) is 13.8 Å². The van der Waals surface area contributed by atoms with Crippen molar-refractivity contribution in [2.75, 3.05) is 14.2 Å². The van der Waals surface area contributed by atoms with E-state index in [9.17, 15) is 4.79 Å². The Hall–Kier alpha value is -2.30. The van der Waals surface area contributed by atoms with E-state index in [1.54, 1.807) is 37.1 Å². The normalized spacial score (nSPS) is 10.4. The molecular weight excluding hydrogens is 256 g/mol. The zero-order chi connectivity index (χ0) is 14.9. The summed E-state index contributed by atoms with van der Waals surface area (Å²) in [5.41, 5.74) is 2.63. The number of rotatable bonds is 4. The molecule has 5 heteroatoms. The molecule has 0 aliphatic heterocycles. The number of hydrogen-bond acceptors (Lipinski definition) is 4. The highest BCUT2D eigenvalue weighted by Gasteiger charge is 2.22. The van der Waals surface area contributed by atoms with E-state index in [1.807, 2.05) is 20.9 Å². The number of benzene rings is 1. The standard InChI is InChI=1S/C15H18N2O3/c1-9-14(10(2)17(3)16-9)15(18)12-8-11(19-4)6-7-13(12)20-5/h6-8H,1-5H3. The molecule has 0 radical (unpaired) electrons. The molecule has 0 amide bonds. The monoisotopic (exact) mass is 274 g/mol. The minimum absolute atomic E-state index is 0.108. The first-order valence-electron chi connectivity index (χ1n) is 6.26. The first-order valence-corrected chi connectivity index (χ1v) is 6.26. The lowest BCUT2D eigenvalue weighted by atomic mass is 10.0. The number of ketones is 1. The van der Waals surface area contributed by atoms with Crippen LogP contribution in [0.5, 0.6) is 11.5 Å². The van der Waals surface area contributed by atoms with Gasteiger partial charge in [0.25, 0.3) is 0 Å². The molecule has 5 nitrogen and oxygen atoms in total. The number of nitrogens with zero attached hydrogens (tertiary/aromatic N) is 2. The lowest BCUT2D eigenvalue weighted by Crippen LogP contribution is -2.07. The van der Waals surface area contributed by atoms with Crippen molar-refractivity contribution in [2.45, 2.75) is 13.8 Å². The third-order valence-corrected chi connectivity index (χ3v) is 3.39. The van der Waals surface area contributed by atoms with Crippen molar-refractivity contribution < 1.29 is 14.3 Å². The second kappa shape index (κ2) is 5.36. The quantitative estimate of drug-likeness (QED) is 0.803. The first-order chi connectivity index (χ1) is 9.49. The lowest BCUT2D eigenvalue weighted by molar-refractivity contribution is 0.103. The van der Waals surface area contributed by atoms with E-state index in [0.717, 1.165) is 5.69 Å². The van der Waals surface area contributed by atoms with Gasteiger partial charge in [0.2, 0.25) is 5.78 Å². The fourth-order valence-corrected chi connectivity index (χ4v) is 2.23. The van der Waals surface area contributed by atoms with Gasteiger partial charge in [-0.25, -0.2) is 0 Å². The highest BCUT2D eigenvalue weighted by molar-refractivity contribution is 6.12. The van der Waals surface area contributed by atoms with Gasteiger partial charge in [-0.2, -0.15) is 5.10 Å². The molecule has 0 spiro atoms. The van der Waals surface area contributed by atoms with Crippen LogP contribution in [0.25, 0.3) is 0 Å². The number of carbonyl (C=O) groups is 1. The van der Waals surface area contributed by atoms with Crippen LogP contribution in [0.4, 0.5) is 0 Å². The average Bonchev–Trinajstić information content (AvgIpc) is 2.70. The summed E-state index contributed by atoms with van der Waals surface area (Å²) in [6.07, 6.45) is 0. The number of carbonyl (C=O) groups excluding carboxylic acids is 1. The molecule has 2 rings (SSSR count). The molecule has 20 heavy (non-hydrogen) atoms. The molecule has 0 unspecified atom stereocenters. The number of aromatic nitrogens is 2. The van der Waals surface area contributed by atoms with E-state index in [0.29, 0.717) is 28.3 Å². The highest BCUT2D eigenvalue weighted by atomic mass is 16.5. The van der Waals surface area contributed by atoms with Crippen molar-refractivity contribution in [3.63, 3.8) is 0 Å². The van der Waals surface area contributed by atoms with E-state index in [-0.39, 0.29) is 5.78 Å². The SMILES string of the molecule is COc1ccc(OC)c(C(=O)c2c(C)nn(C)c2C)c1. The highest BCUT2D eigenvalue weighted by Crippen LogP contribution is 2.28. The fraction of sp³-hybridized carbons (Fsp3) is 0.333. The van der Waals surface area contributed by atoms with Crippen LogP contribution in [-0.2, 0) is 7.05 Å². The summed E-state index contributed by atoms with van der Waals surface area (Å²) in [6, 6.07) is 5.18. The topological polar surface area (TPSA) is 53.4 Å². The Morgan fingerprint density at radius 3 is 2.40 bits per heavy atom. The summed E-state index contributed by atoms with van der Waals surface area (Å²) in [4.78, 5) is 12.8. The Balaban J connectivity index is 2.58. The molecule has 2 aromatic rings. The second-order valence-corrected chi connectivity index (χ2v) is 4.56. The van der Waals surface area contributed by atoms with Gasteiger partial charge in [0, 0.05) is 12.7 Å². The number of hydrogen-bond donors (Lipinski definition) is 0. The second-order valence-electron chi connectivity index (χ2n) is 4.56. The van der Waals surface area contributed by atoms with Gasteiger partial charge in [0.05, 0.1) is 31.0 Å². The first kappa shape index (κ1) is 14.1. The third-order valence-electron chi connectivity index (χ3n) is 3.39. The predicted octanol–water partition coefficient (Wildman–Crippen LogP) is 2.29. The summed E-state index contributed by atoms with van der Waals surface area (Å²) in [5, 5.41) is 4.28. The van der Waals surface area contributed by atoms with Crippen LogP contribution in [0.3, 0.4) is 0 Å². The van der Waals surface area contributed by atoms with Crippen molar-refractivity contribution in [3.8, 4) is 11.5 Å². The van der Waals surface area contributed by atoms with Gasteiger partial charge < -0.3 is 9.47 Å². The van der Waals surface area contributed by atoms with Gasteiger partial charge in [-0.15, -0.1) is 0 Å². The molecule has 0 atom stereocenters. The Morgan fingerprint density at radius 1 is 1.20 bits per heavy atom. The maximum absolute atomic E-state index is 12.8. The number of ether oxygens (including phenoxy) is 2. The molecule has 1 heterocycles. The molecule has 0 saturated heterocycles. The van der Waals surface area contributed by atoms with Crippen LogP contribution >= 0.6 is 0 Å². The molecule has 0 fully saturated rings. The largest absolute Gasteiger partial charge is 0.497 e. The van der Waals surface area contributed by atoms with Crippen LogP contribution < -0.4 is 9.47 Å². The van der Waals surface area contributed by atoms with E-state index < -0.39 is 0 Å². The van der Waals surface area contributed by atoms with Crippen LogP contribution in [0.15, 0.2) is 18.2 Å². The Morgan fingerprint density at radius 2 is 1.90 bits per heavy atom. The Labute approximate surface area is 118 Å². The zero-order valence-corrected chi connectivity index (χ0v) is 12.4. The maximum atomic E-state index is 12.8. The van der Waals surface area contributed by atoms with Gasteiger partial charge in [-0.1, -0.05) is 0 Å². The number of aryl methyl sites for hydroxylation is 2. The molecule has 0 saturated carbocycles. The lowest BCUT2D eigenvalue weighted by Gasteiger charge is -2.10. The van der Waals surface area contributed by atoms with E-state index in [2.05, 4.69) is 5.10 Å². The van der Waals surface area contributed by atoms with Gasteiger partial charge in [0.1, 0.15) is 11.5 Å². The average molecular weight is 274 g/mol. The van der Waals surface area contributed by atoms with Crippen LogP contribution in [0.2, 0.25) is 0 Å². The van der Waals surface area contributed by atoms with E-state index in [1.165, 1.54) is 0 Å². The minimum Gasteiger partial charge on any atom is -0.497 e. The third kappa shape index (κ3) is 2.27. The van der Waals surface area contributed by atoms with Gasteiger partial charge in [-0.05, 0) is 32.0 Å². The molecular formula is C15H18N2O3. The summed E-state index contributed by atoms with van der Waals surface area (Å²) in [6.45, 7) is 3.70. The van der Waals surface area contributed by atoms with Crippen molar-refractivity contribution in [2.24, 2.45) is 7.05 Å². The summed E-state index contributed by atoms with van der Waals surface area (Å²) in [5.74, 6) is 1.04. The summed E-state index contributed by atoms with van der Waals surface area (Å²) in [7, 11) is 4.93. The van der Waals surface area contributed by atoms with E-state index >= 15 is 0 Å². The zero-order valence-electron chi connectivity index (χ0n) is 12.4. The molecule has 106 valence electrons. The molecule has 0 aliphatic rings. The van der Waals surface area contributed by atoms with Gasteiger partial charge in [-0.3, -0.25) is 9.48 Å². The maximum Gasteiger partial charge on any atom is 0.200 e. The van der Waals surface area contributed by atoms with Crippen LogP contribution in [0.1, 0.15) is 27.3 Å². The van der Waals surface area contributed by atoms with E-state index in [4.69, 9.17) is 9.47 Å². The summed E-state index contributed by atoms with van der Waals surface area (Å²) < 4.78 is 12.2. The summed E-state index contributed by atoms with van der Waals surface area (Å²) >= 11 is 0. The molecule has 1 aromatic carbocycles.